The van der Waals surface area contributed by atoms with E-state index in [1.807, 2.05) is 67.8 Å². The molecule has 2 heterocycles. The minimum atomic E-state index is -0.256. The summed E-state index contributed by atoms with van der Waals surface area (Å²) in [5, 5.41) is 4.79. The summed E-state index contributed by atoms with van der Waals surface area (Å²) in [7, 11) is 0. The lowest BCUT2D eigenvalue weighted by Crippen LogP contribution is -2.27. The van der Waals surface area contributed by atoms with E-state index in [9.17, 15) is 9.59 Å². The fraction of sp³-hybridized carbons (Fsp3) is 0.136. The third-order valence-corrected chi connectivity index (χ3v) is 5.41. The van der Waals surface area contributed by atoms with Gasteiger partial charge in [0.25, 0.3) is 5.56 Å². The van der Waals surface area contributed by atoms with E-state index in [4.69, 9.17) is 0 Å². The van der Waals surface area contributed by atoms with E-state index < -0.39 is 0 Å². The summed E-state index contributed by atoms with van der Waals surface area (Å²) in [6.07, 6.45) is 1.45. The first-order valence-electron chi connectivity index (χ1n) is 8.91. The molecule has 4 aromatic rings. The maximum Gasteiger partial charge on any atom is 0.271 e. The highest BCUT2D eigenvalue weighted by molar-refractivity contribution is 7.17. The van der Waals surface area contributed by atoms with Crippen molar-refractivity contribution in [1.82, 2.24) is 9.55 Å². The lowest BCUT2D eigenvalue weighted by molar-refractivity contribution is -0.116. The second-order valence-corrected chi connectivity index (χ2v) is 7.67. The van der Waals surface area contributed by atoms with Gasteiger partial charge >= 0.3 is 0 Å². The maximum absolute atomic E-state index is 12.8. The van der Waals surface area contributed by atoms with E-state index in [1.54, 1.807) is 0 Å². The SMILES string of the molecule is Cc1cc(C)cc(NC(=O)Cn2cnc3c(-c4ccccc4)csc3c2=O)c1. The summed E-state index contributed by atoms with van der Waals surface area (Å²) in [5.41, 5.74) is 5.30. The molecule has 2 aromatic heterocycles. The molecular weight excluding hydrogens is 370 g/mol. The summed E-state index contributed by atoms with van der Waals surface area (Å²) < 4.78 is 1.91. The Morgan fingerprint density at radius 2 is 1.82 bits per heavy atom. The number of anilines is 1. The molecule has 0 bridgehead atoms. The highest BCUT2D eigenvalue weighted by Gasteiger charge is 2.14. The van der Waals surface area contributed by atoms with Crippen LogP contribution in [0.2, 0.25) is 0 Å². The smallest absolute Gasteiger partial charge is 0.271 e. The van der Waals surface area contributed by atoms with Gasteiger partial charge in [-0.05, 0) is 42.7 Å². The molecule has 0 radical (unpaired) electrons. The summed E-state index contributed by atoms with van der Waals surface area (Å²) in [6.45, 7) is 3.88. The lowest BCUT2D eigenvalue weighted by atomic mass is 10.1. The molecular formula is C22H19N3O2S. The van der Waals surface area contributed by atoms with Crippen LogP contribution in [0.4, 0.5) is 5.69 Å². The normalized spacial score (nSPS) is 10.9. The largest absolute Gasteiger partial charge is 0.325 e. The van der Waals surface area contributed by atoms with Crippen LogP contribution in [0.3, 0.4) is 0 Å². The molecule has 0 saturated heterocycles. The Morgan fingerprint density at radius 3 is 2.54 bits per heavy atom. The monoisotopic (exact) mass is 389 g/mol. The molecule has 0 unspecified atom stereocenters. The molecule has 0 aliphatic carbocycles. The number of aryl methyl sites for hydroxylation is 2. The first-order chi connectivity index (χ1) is 13.5. The van der Waals surface area contributed by atoms with E-state index in [1.165, 1.54) is 22.2 Å². The average Bonchev–Trinajstić information content (AvgIpc) is 3.09. The van der Waals surface area contributed by atoms with Crippen LogP contribution in [0, 0.1) is 13.8 Å². The average molecular weight is 389 g/mol. The van der Waals surface area contributed by atoms with Crippen LogP contribution < -0.4 is 10.9 Å². The molecule has 6 heteroatoms. The Labute approximate surface area is 166 Å². The summed E-state index contributed by atoms with van der Waals surface area (Å²) in [4.78, 5) is 29.7. The Balaban J connectivity index is 1.60. The quantitative estimate of drug-likeness (QED) is 0.563. The van der Waals surface area contributed by atoms with Gasteiger partial charge in [-0.25, -0.2) is 4.98 Å². The van der Waals surface area contributed by atoms with Crippen molar-refractivity contribution in [2.45, 2.75) is 20.4 Å². The standard InChI is InChI=1S/C22H19N3O2S/c1-14-8-15(2)10-17(9-14)24-19(26)11-25-13-23-20-18(12-28-21(20)22(25)27)16-6-4-3-5-7-16/h3-10,12-13H,11H2,1-2H3,(H,24,26). The molecule has 0 aliphatic rings. The van der Waals surface area contributed by atoms with Gasteiger partial charge in [0.1, 0.15) is 11.2 Å². The van der Waals surface area contributed by atoms with Gasteiger partial charge in [0, 0.05) is 16.6 Å². The molecule has 28 heavy (non-hydrogen) atoms. The van der Waals surface area contributed by atoms with Crippen molar-refractivity contribution in [2.24, 2.45) is 0 Å². The van der Waals surface area contributed by atoms with E-state index in [2.05, 4.69) is 10.3 Å². The van der Waals surface area contributed by atoms with Gasteiger partial charge in [-0.2, -0.15) is 0 Å². The van der Waals surface area contributed by atoms with Gasteiger partial charge in [0.05, 0.1) is 11.8 Å². The van der Waals surface area contributed by atoms with E-state index in [0.29, 0.717) is 10.2 Å². The minimum Gasteiger partial charge on any atom is -0.325 e. The van der Waals surface area contributed by atoms with Crippen LogP contribution in [0.15, 0.2) is 65.0 Å². The number of fused-ring (bicyclic) bond motifs is 1. The Morgan fingerprint density at radius 1 is 1.11 bits per heavy atom. The Kier molecular flexibility index (Phi) is 4.79. The van der Waals surface area contributed by atoms with E-state index >= 15 is 0 Å². The van der Waals surface area contributed by atoms with Crippen LogP contribution in [0.25, 0.3) is 21.3 Å². The molecule has 0 saturated carbocycles. The summed E-state index contributed by atoms with van der Waals surface area (Å²) in [5.74, 6) is -0.256. The minimum absolute atomic E-state index is 0.0761. The number of carbonyl (C=O) groups excluding carboxylic acids is 1. The molecule has 0 aliphatic heterocycles. The van der Waals surface area contributed by atoms with Crippen molar-refractivity contribution in [3.05, 3.63) is 81.7 Å². The molecule has 5 nitrogen and oxygen atoms in total. The number of nitrogens with zero attached hydrogens (tertiary/aromatic N) is 2. The number of rotatable bonds is 4. The second-order valence-electron chi connectivity index (χ2n) is 6.80. The van der Waals surface area contributed by atoms with Crippen molar-refractivity contribution in [3.8, 4) is 11.1 Å². The molecule has 2 aromatic carbocycles. The third-order valence-electron chi connectivity index (χ3n) is 4.45. The number of amides is 1. The number of nitrogens with one attached hydrogen (secondary N) is 1. The first-order valence-corrected chi connectivity index (χ1v) is 9.79. The molecule has 140 valence electrons. The van der Waals surface area contributed by atoms with E-state index in [0.717, 1.165) is 27.9 Å². The van der Waals surface area contributed by atoms with E-state index in [-0.39, 0.29) is 18.0 Å². The zero-order valence-corrected chi connectivity index (χ0v) is 16.4. The third kappa shape index (κ3) is 3.59. The number of aromatic nitrogens is 2. The van der Waals surface area contributed by atoms with Gasteiger partial charge in [-0.3, -0.25) is 14.2 Å². The van der Waals surface area contributed by atoms with Crippen LogP contribution >= 0.6 is 11.3 Å². The van der Waals surface area contributed by atoms with Crippen molar-refractivity contribution in [2.75, 3.05) is 5.32 Å². The number of hydrogen-bond acceptors (Lipinski definition) is 4. The predicted octanol–water partition coefficient (Wildman–Crippen LogP) is 4.38. The zero-order chi connectivity index (χ0) is 19.7. The second kappa shape index (κ2) is 7.40. The fourth-order valence-electron chi connectivity index (χ4n) is 3.28. The highest BCUT2D eigenvalue weighted by atomic mass is 32.1. The molecule has 0 atom stereocenters. The highest BCUT2D eigenvalue weighted by Crippen LogP contribution is 2.30. The number of hydrogen-bond donors (Lipinski definition) is 1. The van der Waals surface area contributed by atoms with Gasteiger partial charge in [-0.15, -0.1) is 11.3 Å². The molecule has 1 amide bonds. The Hall–Kier alpha value is -3.25. The zero-order valence-electron chi connectivity index (χ0n) is 15.6. The van der Waals surface area contributed by atoms with Gasteiger partial charge in [0.15, 0.2) is 0 Å². The number of benzene rings is 2. The van der Waals surface area contributed by atoms with Gasteiger partial charge in [-0.1, -0.05) is 36.4 Å². The van der Waals surface area contributed by atoms with Crippen LogP contribution in [-0.4, -0.2) is 15.5 Å². The van der Waals surface area contributed by atoms with Crippen molar-refractivity contribution >= 4 is 33.1 Å². The van der Waals surface area contributed by atoms with Crippen LogP contribution in [-0.2, 0) is 11.3 Å². The molecule has 4 rings (SSSR count). The van der Waals surface area contributed by atoms with Crippen LogP contribution in [0.5, 0.6) is 0 Å². The lowest BCUT2D eigenvalue weighted by Gasteiger charge is -2.09. The van der Waals surface area contributed by atoms with Crippen molar-refractivity contribution in [1.29, 1.82) is 0 Å². The molecule has 0 fully saturated rings. The van der Waals surface area contributed by atoms with Gasteiger partial charge in [0.2, 0.25) is 5.91 Å². The Bertz CT molecular complexity index is 1210. The summed E-state index contributed by atoms with van der Waals surface area (Å²) >= 11 is 1.36. The van der Waals surface area contributed by atoms with Crippen molar-refractivity contribution in [3.63, 3.8) is 0 Å². The fourth-order valence-corrected chi connectivity index (χ4v) is 4.25. The maximum atomic E-state index is 12.8. The topological polar surface area (TPSA) is 64.0 Å². The summed E-state index contributed by atoms with van der Waals surface area (Å²) in [6, 6.07) is 15.7. The predicted molar refractivity (Wildman–Crippen MR) is 114 cm³/mol. The van der Waals surface area contributed by atoms with Crippen molar-refractivity contribution < 1.29 is 4.79 Å². The molecule has 0 spiro atoms. The van der Waals surface area contributed by atoms with Crippen LogP contribution in [0.1, 0.15) is 11.1 Å². The number of carbonyl (C=O) groups is 1. The molecule has 1 N–H and O–H groups in total. The van der Waals surface area contributed by atoms with Gasteiger partial charge < -0.3 is 5.32 Å². The number of thiophene rings is 1. The first kappa shape index (κ1) is 18.1.